The molecule has 1 aromatic carbocycles. The molecule has 0 unspecified atom stereocenters. The second-order valence-corrected chi connectivity index (χ2v) is 7.44. The summed E-state index contributed by atoms with van der Waals surface area (Å²) in [6.45, 7) is 1.50. The number of amides is 4. The average molecular weight is 357 g/mol. The normalized spacial score (nSPS) is 23.0. The number of para-hydroxylation sites is 1. The van der Waals surface area contributed by atoms with Gasteiger partial charge in [0.2, 0.25) is 5.91 Å². The van der Waals surface area contributed by atoms with Crippen molar-refractivity contribution in [3.63, 3.8) is 0 Å². The number of hydrogen-bond donors (Lipinski definition) is 2. The average Bonchev–Trinajstić information content (AvgIpc) is 3.40. The topological polar surface area (TPSA) is 90.0 Å². The smallest absolute Gasteiger partial charge is 0.328 e. The van der Waals surface area contributed by atoms with Crippen LogP contribution in [0.4, 0.5) is 10.5 Å². The summed E-state index contributed by atoms with van der Waals surface area (Å²) in [6.07, 6.45) is 3.58. The van der Waals surface area contributed by atoms with Gasteiger partial charge >= 0.3 is 6.03 Å². The van der Waals surface area contributed by atoms with Crippen LogP contribution in [0, 0.1) is 5.92 Å². The van der Waals surface area contributed by atoms with Crippen molar-refractivity contribution >= 4 is 23.5 Å². The molecule has 3 fully saturated rings. The number of likely N-dealkylation sites (tertiary alicyclic amines) is 1. The number of aliphatic hydroxyl groups is 1. The molecule has 1 aliphatic carbocycles. The summed E-state index contributed by atoms with van der Waals surface area (Å²) in [6, 6.07) is 6.54. The van der Waals surface area contributed by atoms with Crippen molar-refractivity contribution in [2.24, 2.45) is 5.92 Å². The van der Waals surface area contributed by atoms with Crippen molar-refractivity contribution in [3.8, 4) is 0 Å². The predicted molar refractivity (Wildman–Crippen MR) is 94.8 cm³/mol. The first-order valence-corrected chi connectivity index (χ1v) is 9.20. The molecule has 7 nitrogen and oxygen atoms in total. The Morgan fingerprint density at radius 2 is 1.81 bits per heavy atom. The van der Waals surface area contributed by atoms with Crippen molar-refractivity contribution in [2.75, 3.05) is 24.5 Å². The maximum atomic E-state index is 13.0. The van der Waals surface area contributed by atoms with Gasteiger partial charge in [0.1, 0.15) is 0 Å². The highest BCUT2D eigenvalue weighted by Gasteiger charge is 2.48. The Kier molecular flexibility index (Phi) is 4.19. The lowest BCUT2D eigenvalue weighted by Crippen LogP contribution is -2.50. The molecule has 0 radical (unpaired) electrons. The van der Waals surface area contributed by atoms with Crippen molar-refractivity contribution in [1.29, 1.82) is 0 Å². The molecule has 138 valence electrons. The first-order valence-electron chi connectivity index (χ1n) is 9.20. The summed E-state index contributed by atoms with van der Waals surface area (Å²) in [7, 11) is 0. The molecule has 2 N–H and O–H groups in total. The van der Waals surface area contributed by atoms with Crippen molar-refractivity contribution in [3.05, 3.63) is 29.8 Å². The van der Waals surface area contributed by atoms with Crippen LogP contribution in [-0.2, 0) is 4.79 Å². The molecular formula is C19H23N3O4. The molecule has 3 aliphatic rings. The molecule has 0 spiro atoms. The number of piperidine rings is 1. The van der Waals surface area contributed by atoms with Crippen LogP contribution < -0.4 is 10.2 Å². The summed E-state index contributed by atoms with van der Waals surface area (Å²) >= 11 is 0. The van der Waals surface area contributed by atoms with Gasteiger partial charge < -0.3 is 10.0 Å². The number of urea groups is 1. The van der Waals surface area contributed by atoms with Crippen molar-refractivity contribution in [2.45, 2.75) is 37.7 Å². The minimum atomic E-state index is -0.495. The molecule has 26 heavy (non-hydrogen) atoms. The number of nitrogens with one attached hydrogen (secondary N) is 1. The zero-order valence-corrected chi connectivity index (χ0v) is 14.6. The fourth-order valence-corrected chi connectivity index (χ4v) is 4.01. The zero-order valence-electron chi connectivity index (χ0n) is 14.6. The largest absolute Gasteiger partial charge is 0.390 e. The van der Waals surface area contributed by atoms with Gasteiger partial charge in [-0.2, -0.15) is 0 Å². The fraction of sp³-hybridized carbons (Fsp3) is 0.526. The van der Waals surface area contributed by atoms with Crippen molar-refractivity contribution < 1.29 is 19.5 Å². The minimum Gasteiger partial charge on any atom is -0.390 e. The number of benzene rings is 1. The quantitative estimate of drug-likeness (QED) is 0.858. The van der Waals surface area contributed by atoms with Gasteiger partial charge in [0.15, 0.2) is 0 Å². The standard InChI is InChI=1S/C19H23N3O4/c23-16-7-12-22(18(25)20-16)15-4-2-1-3-14(15)17(24)21-10-5-13(6-11-21)19(26)8-9-19/h1-4,13,26H,5-12H2,(H,20,23,25). The number of nitrogens with zero attached hydrogens (tertiary/aromatic N) is 2. The van der Waals surface area contributed by atoms with Crippen LogP contribution >= 0.6 is 0 Å². The molecule has 2 heterocycles. The Labute approximate surface area is 152 Å². The predicted octanol–water partition coefficient (Wildman–Crippen LogP) is 1.51. The summed E-state index contributed by atoms with van der Waals surface area (Å²) < 4.78 is 0. The summed E-state index contributed by atoms with van der Waals surface area (Å²) in [5.74, 6) is -0.123. The van der Waals surface area contributed by atoms with E-state index < -0.39 is 11.6 Å². The van der Waals surface area contributed by atoms with Crippen LogP contribution in [0.2, 0.25) is 0 Å². The Hall–Kier alpha value is -2.41. The Morgan fingerprint density at radius 3 is 2.46 bits per heavy atom. The lowest BCUT2D eigenvalue weighted by molar-refractivity contribution is -0.120. The molecule has 2 saturated heterocycles. The Bertz CT molecular complexity index is 751. The van der Waals surface area contributed by atoms with Gasteiger partial charge in [-0.1, -0.05) is 12.1 Å². The molecule has 7 heteroatoms. The molecule has 0 aromatic heterocycles. The molecule has 1 saturated carbocycles. The van der Waals surface area contributed by atoms with Gasteiger partial charge in [0.05, 0.1) is 16.9 Å². The second-order valence-electron chi connectivity index (χ2n) is 7.44. The lowest BCUT2D eigenvalue weighted by Gasteiger charge is -2.35. The molecule has 4 amide bonds. The van der Waals surface area contributed by atoms with Gasteiger partial charge in [0.25, 0.3) is 5.91 Å². The van der Waals surface area contributed by atoms with E-state index in [1.807, 2.05) is 0 Å². The third-order valence-electron chi connectivity index (χ3n) is 5.78. The Balaban J connectivity index is 1.50. The number of carbonyl (C=O) groups is 3. The summed E-state index contributed by atoms with van der Waals surface area (Å²) in [5, 5.41) is 12.6. The van der Waals surface area contributed by atoms with Crippen LogP contribution in [-0.4, -0.2) is 53.1 Å². The van der Waals surface area contributed by atoms with E-state index in [4.69, 9.17) is 0 Å². The van der Waals surface area contributed by atoms with E-state index in [2.05, 4.69) is 5.32 Å². The molecule has 0 atom stereocenters. The monoisotopic (exact) mass is 357 g/mol. The zero-order chi connectivity index (χ0) is 18.3. The lowest BCUT2D eigenvalue weighted by atomic mass is 9.89. The van der Waals surface area contributed by atoms with Gasteiger partial charge in [0, 0.05) is 26.1 Å². The van der Waals surface area contributed by atoms with Gasteiger partial charge in [-0.05, 0) is 43.7 Å². The number of carbonyl (C=O) groups excluding carboxylic acids is 3. The molecule has 1 aromatic rings. The molecule has 2 aliphatic heterocycles. The third kappa shape index (κ3) is 3.07. The van der Waals surface area contributed by atoms with Crippen LogP contribution in [0.15, 0.2) is 24.3 Å². The number of rotatable bonds is 3. The van der Waals surface area contributed by atoms with Crippen LogP contribution in [0.5, 0.6) is 0 Å². The van der Waals surface area contributed by atoms with E-state index in [0.29, 0.717) is 24.3 Å². The van der Waals surface area contributed by atoms with E-state index >= 15 is 0 Å². The first kappa shape index (κ1) is 17.0. The molecule has 0 bridgehead atoms. The van der Waals surface area contributed by atoms with Gasteiger partial charge in [-0.25, -0.2) is 4.79 Å². The van der Waals surface area contributed by atoms with E-state index in [9.17, 15) is 19.5 Å². The highest BCUT2D eigenvalue weighted by atomic mass is 16.3. The summed E-state index contributed by atoms with van der Waals surface area (Å²) in [4.78, 5) is 39.8. The van der Waals surface area contributed by atoms with Gasteiger partial charge in [-0.15, -0.1) is 0 Å². The first-order chi connectivity index (χ1) is 12.5. The highest BCUT2D eigenvalue weighted by molar-refractivity contribution is 6.09. The summed E-state index contributed by atoms with van der Waals surface area (Å²) in [5.41, 5.74) is 0.511. The molecular weight excluding hydrogens is 334 g/mol. The maximum absolute atomic E-state index is 13.0. The maximum Gasteiger partial charge on any atom is 0.328 e. The highest BCUT2D eigenvalue weighted by Crippen LogP contribution is 2.46. The van der Waals surface area contributed by atoms with E-state index in [-0.39, 0.29) is 30.7 Å². The van der Waals surface area contributed by atoms with Crippen LogP contribution in [0.25, 0.3) is 0 Å². The van der Waals surface area contributed by atoms with Crippen LogP contribution in [0.1, 0.15) is 42.5 Å². The van der Waals surface area contributed by atoms with Gasteiger partial charge in [-0.3, -0.25) is 19.8 Å². The SMILES string of the molecule is O=C1CCN(c2ccccc2C(=O)N2CCC(C3(O)CC3)CC2)C(=O)N1. The van der Waals surface area contributed by atoms with E-state index in [1.165, 1.54) is 4.90 Å². The van der Waals surface area contributed by atoms with E-state index in [0.717, 1.165) is 25.7 Å². The minimum absolute atomic E-state index is 0.105. The molecule has 4 rings (SSSR count). The van der Waals surface area contributed by atoms with Crippen molar-refractivity contribution in [1.82, 2.24) is 10.2 Å². The second kappa shape index (κ2) is 6.39. The van der Waals surface area contributed by atoms with E-state index in [1.54, 1.807) is 29.2 Å². The number of hydrogen-bond acceptors (Lipinski definition) is 4. The number of anilines is 1. The van der Waals surface area contributed by atoms with Crippen LogP contribution in [0.3, 0.4) is 0 Å². The Morgan fingerprint density at radius 1 is 1.12 bits per heavy atom. The third-order valence-corrected chi connectivity index (χ3v) is 5.78. The fourth-order valence-electron chi connectivity index (χ4n) is 4.01. The number of imide groups is 1.